The minimum atomic E-state index is 0.998. The van der Waals surface area contributed by atoms with Crippen LogP contribution in [0.3, 0.4) is 0 Å². The highest BCUT2D eigenvalue weighted by Gasteiger charge is 1.95. The lowest BCUT2D eigenvalue weighted by Crippen LogP contribution is -1.84. The molecule has 0 fully saturated rings. The lowest BCUT2D eigenvalue weighted by molar-refractivity contribution is 0.543. The maximum Gasteiger partial charge on any atom is -0.0144 e. The molecule has 0 saturated heterocycles. The molecule has 0 saturated carbocycles. The molecule has 0 radical (unpaired) electrons. The van der Waals surface area contributed by atoms with Crippen molar-refractivity contribution in [3.63, 3.8) is 0 Å². The molecule has 0 rings (SSSR count). The molecule has 0 nitrogen and oxygen atoms in total. The smallest absolute Gasteiger partial charge is 0.0144 e. The van der Waals surface area contributed by atoms with Crippen molar-refractivity contribution in [1.29, 1.82) is 0 Å². The molecule has 112 valence electrons. The van der Waals surface area contributed by atoms with Crippen molar-refractivity contribution < 1.29 is 0 Å². The lowest BCUT2D eigenvalue weighted by atomic mass is 10.0. The van der Waals surface area contributed by atoms with Gasteiger partial charge in [0.1, 0.15) is 0 Å². The maximum absolute atomic E-state index is 4.06. The molecular formula is C19H36. The molecule has 0 heteroatoms. The van der Waals surface area contributed by atoms with Gasteiger partial charge in [-0.15, -0.1) is 6.58 Å². The van der Waals surface area contributed by atoms with Gasteiger partial charge in [-0.3, -0.25) is 0 Å². The summed E-state index contributed by atoms with van der Waals surface area (Å²) in [5, 5.41) is 0. The highest BCUT2D eigenvalue weighted by atomic mass is 14.0. The van der Waals surface area contributed by atoms with Crippen LogP contribution in [0, 0.1) is 0 Å². The van der Waals surface area contributed by atoms with Gasteiger partial charge in [0.25, 0.3) is 0 Å². The van der Waals surface area contributed by atoms with Crippen LogP contribution in [0.1, 0.15) is 96.8 Å². The Kier molecular flexibility index (Phi) is 15.1. The van der Waals surface area contributed by atoms with E-state index in [-0.39, 0.29) is 0 Å². The summed E-state index contributed by atoms with van der Waals surface area (Å²) in [6.07, 6.45) is 21.2. The Hall–Kier alpha value is -0.520. The zero-order valence-electron chi connectivity index (χ0n) is 13.4. The van der Waals surface area contributed by atoms with E-state index in [1.54, 1.807) is 0 Å². The summed E-state index contributed by atoms with van der Waals surface area (Å²) in [5.74, 6) is 0. The SMILES string of the molecule is C=CCC(=C)CCCCCCCCCCCCCC. The summed E-state index contributed by atoms with van der Waals surface area (Å²) in [6.45, 7) is 10.1. The molecule has 0 spiro atoms. The zero-order valence-corrected chi connectivity index (χ0v) is 13.4. The highest BCUT2D eigenvalue weighted by Crippen LogP contribution is 2.14. The molecule has 0 N–H and O–H groups in total. The summed E-state index contributed by atoms with van der Waals surface area (Å²) in [7, 11) is 0. The van der Waals surface area contributed by atoms with Gasteiger partial charge < -0.3 is 0 Å². The first-order valence-corrected chi connectivity index (χ1v) is 8.58. The van der Waals surface area contributed by atoms with Gasteiger partial charge in [0.15, 0.2) is 0 Å². The van der Waals surface area contributed by atoms with E-state index < -0.39 is 0 Å². The van der Waals surface area contributed by atoms with E-state index in [2.05, 4.69) is 20.1 Å². The van der Waals surface area contributed by atoms with E-state index >= 15 is 0 Å². The van der Waals surface area contributed by atoms with Gasteiger partial charge in [-0.25, -0.2) is 0 Å². The predicted octanol–water partition coefficient (Wildman–Crippen LogP) is 7.21. The first kappa shape index (κ1) is 18.5. The first-order valence-electron chi connectivity index (χ1n) is 8.58. The second-order valence-electron chi connectivity index (χ2n) is 5.88. The number of hydrogen-bond acceptors (Lipinski definition) is 0. The quantitative estimate of drug-likeness (QED) is 0.216. The van der Waals surface area contributed by atoms with Crippen LogP contribution in [0.5, 0.6) is 0 Å². The lowest BCUT2D eigenvalue weighted by Gasteiger charge is -2.04. The molecular weight excluding hydrogens is 228 g/mol. The molecule has 0 aliphatic heterocycles. The van der Waals surface area contributed by atoms with E-state index in [4.69, 9.17) is 0 Å². The molecule has 0 bridgehead atoms. The molecule has 0 unspecified atom stereocenters. The van der Waals surface area contributed by atoms with Crippen molar-refractivity contribution >= 4 is 0 Å². The van der Waals surface area contributed by atoms with Crippen molar-refractivity contribution in [2.24, 2.45) is 0 Å². The zero-order chi connectivity index (χ0) is 14.2. The van der Waals surface area contributed by atoms with Crippen LogP contribution in [0.15, 0.2) is 24.8 Å². The van der Waals surface area contributed by atoms with Gasteiger partial charge in [0, 0.05) is 0 Å². The molecule has 0 aromatic rings. The fourth-order valence-corrected chi connectivity index (χ4v) is 2.52. The number of rotatable bonds is 15. The Morgan fingerprint density at radius 1 is 0.737 bits per heavy atom. The van der Waals surface area contributed by atoms with Crippen LogP contribution < -0.4 is 0 Å². The van der Waals surface area contributed by atoms with Crippen LogP contribution >= 0.6 is 0 Å². The minimum absolute atomic E-state index is 0.998. The summed E-state index contributed by atoms with van der Waals surface area (Å²) >= 11 is 0. The Labute approximate surface area is 122 Å². The number of hydrogen-bond donors (Lipinski definition) is 0. The van der Waals surface area contributed by atoms with Crippen LogP contribution in [-0.4, -0.2) is 0 Å². The van der Waals surface area contributed by atoms with E-state index in [0.29, 0.717) is 0 Å². The first-order chi connectivity index (χ1) is 9.31. The average Bonchev–Trinajstić information content (AvgIpc) is 2.40. The van der Waals surface area contributed by atoms with E-state index in [0.717, 1.165) is 6.42 Å². The number of unbranched alkanes of at least 4 members (excludes halogenated alkanes) is 11. The highest BCUT2D eigenvalue weighted by molar-refractivity contribution is 4.99. The molecule has 0 heterocycles. The summed E-state index contributed by atoms with van der Waals surface area (Å²) in [6, 6.07) is 0. The standard InChI is InChI=1S/C19H36/c1-4-6-7-8-9-10-11-12-13-14-15-16-18-19(3)17-5-2/h5H,2-4,6-18H2,1H3. The van der Waals surface area contributed by atoms with Crippen molar-refractivity contribution in [1.82, 2.24) is 0 Å². The van der Waals surface area contributed by atoms with Crippen LogP contribution in [0.4, 0.5) is 0 Å². The second kappa shape index (κ2) is 15.5. The van der Waals surface area contributed by atoms with Crippen molar-refractivity contribution in [2.45, 2.75) is 96.8 Å². The third-order valence-electron chi connectivity index (χ3n) is 3.82. The minimum Gasteiger partial charge on any atom is -0.103 e. The third kappa shape index (κ3) is 15.4. The van der Waals surface area contributed by atoms with E-state index in [1.807, 2.05) is 6.08 Å². The fourth-order valence-electron chi connectivity index (χ4n) is 2.52. The van der Waals surface area contributed by atoms with Gasteiger partial charge in [-0.1, -0.05) is 95.8 Å². The topological polar surface area (TPSA) is 0 Å². The van der Waals surface area contributed by atoms with Crippen molar-refractivity contribution in [3.8, 4) is 0 Å². The van der Waals surface area contributed by atoms with Crippen molar-refractivity contribution in [3.05, 3.63) is 24.8 Å². The Morgan fingerprint density at radius 2 is 1.16 bits per heavy atom. The average molecular weight is 264 g/mol. The fraction of sp³-hybridized carbons (Fsp3) is 0.789. The van der Waals surface area contributed by atoms with Gasteiger partial charge >= 0.3 is 0 Å². The van der Waals surface area contributed by atoms with Gasteiger partial charge in [0.05, 0.1) is 0 Å². The molecule has 0 aliphatic rings. The Balaban J connectivity index is 3.02. The molecule has 0 aliphatic carbocycles. The van der Waals surface area contributed by atoms with Crippen LogP contribution in [-0.2, 0) is 0 Å². The molecule has 19 heavy (non-hydrogen) atoms. The predicted molar refractivity (Wildman–Crippen MR) is 89.6 cm³/mol. The largest absolute Gasteiger partial charge is 0.103 e. The molecule has 0 atom stereocenters. The van der Waals surface area contributed by atoms with Gasteiger partial charge in [-0.2, -0.15) is 0 Å². The third-order valence-corrected chi connectivity index (χ3v) is 3.82. The van der Waals surface area contributed by atoms with Gasteiger partial charge in [0.2, 0.25) is 0 Å². The van der Waals surface area contributed by atoms with Crippen LogP contribution in [0.2, 0.25) is 0 Å². The van der Waals surface area contributed by atoms with E-state index in [1.165, 1.54) is 89.0 Å². The Morgan fingerprint density at radius 3 is 1.58 bits per heavy atom. The molecule has 0 amide bonds. The van der Waals surface area contributed by atoms with Gasteiger partial charge in [-0.05, 0) is 19.3 Å². The van der Waals surface area contributed by atoms with Crippen molar-refractivity contribution in [2.75, 3.05) is 0 Å². The second-order valence-corrected chi connectivity index (χ2v) is 5.88. The van der Waals surface area contributed by atoms with E-state index in [9.17, 15) is 0 Å². The van der Waals surface area contributed by atoms with Crippen LogP contribution in [0.25, 0.3) is 0 Å². The number of allylic oxidation sites excluding steroid dienone is 2. The summed E-state index contributed by atoms with van der Waals surface area (Å²) in [5.41, 5.74) is 1.35. The molecule has 0 aromatic carbocycles. The summed E-state index contributed by atoms with van der Waals surface area (Å²) < 4.78 is 0. The Bertz CT molecular complexity index is 202. The monoisotopic (exact) mass is 264 g/mol. The normalized spacial score (nSPS) is 10.6. The molecule has 0 aromatic heterocycles. The maximum atomic E-state index is 4.06. The summed E-state index contributed by atoms with van der Waals surface area (Å²) in [4.78, 5) is 0.